The van der Waals surface area contributed by atoms with E-state index in [-0.39, 0.29) is 6.10 Å². The van der Waals surface area contributed by atoms with Gasteiger partial charge < -0.3 is 10.4 Å². The lowest BCUT2D eigenvalue weighted by molar-refractivity contribution is 0.136. The summed E-state index contributed by atoms with van der Waals surface area (Å²) < 4.78 is 0. The summed E-state index contributed by atoms with van der Waals surface area (Å²) in [6, 6.07) is 0.562. The third-order valence-electron chi connectivity index (χ3n) is 2.84. The molecule has 0 bridgehead atoms. The molecule has 1 aliphatic heterocycles. The van der Waals surface area contributed by atoms with Gasteiger partial charge in [-0.15, -0.1) is 0 Å². The topological polar surface area (TPSA) is 32.3 Å². The maximum absolute atomic E-state index is 9.59. The Kier molecular flexibility index (Phi) is 4.02. The van der Waals surface area contributed by atoms with Gasteiger partial charge in [0.2, 0.25) is 0 Å². The largest absolute Gasteiger partial charge is 0.393 e. The van der Waals surface area contributed by atoms with Crippen LogP contribution >= 0.6 is 0 Å². The Bertz CT molecular complexity index is 127. The summed E-state index contributed by atoms with van der Waals surface area (Å²) in [6.45, 7) is 5.52. The van der Waals surface area contributed by atoms with Crippen molar-refractivity contribution < 1.29 is 5.11 Å². The number of hydrogen-bond donors (Lipinski definition) is 2. The van der Waals surface area contributed by atoms with Gasteiger partial charge in [0.05, 0.1) is 6.10 Å². The molecule has 1 heterocycles. The normalized spacial score (nSPS) is 32.2. The van der Waals surface area contributed by atoms with Crippen molar-refractivity contribution in [2.24, 2.45) is 5.92 Å². The van der Waals surface area contributed by atoms with Crippen LogP contribution < -0.4 is 5.32 Å². The lowest BCUT2D eigenvalue weighted by Gasteiger charge is -2.19. The molecule has 1 rings (SSSR count). The number of hydrogen-bond acceptors (Lipinski definition) is 2. The van der Waals surface area contributed by atoms with Gasteiger partial charge in [0.25, 0.3) is 0 Å². The van der Waals surface area contributed by atoms with Crippen molar-refractivity contribution in [2.45, 2.75) is 51.7 Å². The van der Waals surface area contributed by atoms with E-state index in [4.69, 9.17) is 0 Å². The molecular weight excluding hydrogens is 150 g/mol. The van der Waals surface area contributed by atoms with Gasteiger partial charge in [-0.25, -0.2) is 0 Å². The Morgan fingerprint density at radius 1 is 1.58 bits per heavy atom. The van der Waals surface area contributed by atoms with Crippen LogP contribution in [0.15, 0.2) is 0 Å². The summed E-state index contributed by atoms with van der Waals surface area (Å²) in [5.74, 6) is 0.747. The van der Waals surface area contributed by atoms with E-state index >= 15 is 0 Å². The van der Waals surface area contributed by atoms with E-state index < -0.39 is 0 Å². The Morgan fingerprint density at radius 2 is 2.33 bits per heavy atom. The van der Waals surface area contributed by atoms with Crippen molar-refractivity contribution in [2.75, 3.05) is 6.54 Å². The molecular formula is C10H21NO. The van der Waals surface area contributed by atoms with Crippen molar-refractivity contribution in [1.29, 1.82) is 0 Å². The third kappa shape index (κ3) is 2.76. The van der Waals surface area contributed by atoms with Crippen LogP contribution in [0.5, 0.6) is 0 Å². The molecule has 0 radical (unpaired) electrons. The van der Waals surface area contributed by atoms with Crippen molar-refractivity contribution in [3.63, 3.8) is 0 Å². The number of aliphatic hydroxyl groups excluding tert-OH is 1. The first-order valence-corrected chi connectivity index (χ1v) is 5.15. The molecule has 3 atom stereocenters. The molecule has 0 aromatic carbocycles. The summed E-state index contributed by atoms with van der Waals surface area (Å²) in [7, 11) is 0. The van der Waals surface area contributed by atoms with E-state index in [9.17, 15) is 5.11 Å². The van der Waals surface area contributed by atoms with Crippen LogP contribution in [0.2, 0.25) is 0 Å². The standard InChI is InChI=1S/C10H21NO/c1-3-4-9(12)7-10-8(2)5-6-11-10/h8-12H,3-7H2,1-2H3. The third-order valence-corrected chi connectivity index (χ3v) is 2.84. The molecule has 0 saturated carbocycles. The van der Waals surface area contributed by atoms with Crippen molar-refractivity contribution in [1.82, 2.24) is 5.32 Å². The zero-order valence-electron chi connectivity index (χ0n) is 8.21. The maximum Gasteiger partial charge on any atom is 0.0555 e. The SMILES string of the molecule is CCCC(O)CC1NCCC1C. The highest BCUT2D eigenvalue weighted by Crippen LogP contribution is 2.19. The van der Waals surface area contributed by atoms with Gasteiger partial charge in [-0.05, 0) is 31.7 Å². The average Bonchev–Trinajstić information content (AvgIpc) is 2.37. The minimum absolute atomic E-state index is 0.0898. The summed E-state index contributed by atoms with van der Waals surface area (Å²) in [4.78, 5) is 0. The van der Waals surface area contributed by atoms with Gasteiger partial charge in [-0.2, -0.15) is 0 Å². The van der Waals surface area contributed by atoms with E-state index in [0.717, 1.165) is 31.7 Å². The van der Waals surface area contributed by atoms with Crippen molar-refractivity contribution in [3.05, 3.63) is 0 Å². The molecule has 0 aliphatic carbocycles. The Morgan fingerprint density at radius 3 is 2.83 bits per heavy atom. The fourth-order valence-corrected chi connectivity index (χ4v) is 1.96. The molecule has 1 aliphatic rings. The molecule has 0 aromatic rings. The Hall–Kier alpha value is -0.0800. The molecule has 1 saturated heterocycles. The highest BCUT2D eigenvalue weighted by Gasteiger charge is 2.24. The fraction of sp³-hybridized carbons (Fsp3) is 1.00. The molecule has 1 fully saturated rings. The molecule has 0 spiro atoms. The van der Waals surface area contributed by atoms with Crippen molar-refractivity contribution in [3.8, 4) is 0 Å². The Labute approximate surface area is 75.4 Å². The molecule has 2 N–H and O–H groups in total. The van der Waals surface area contributed by atoms with E-state index in [0.29, 0.717) is 6.04 Å². The van der Waals surface area contributed by atoms with Crippen LogP contribution in [0.1, 0.15) is 39.5 Å². The van der Waals surface area contributed by atoms with Crippen LogP contribution in [0.25, 0.3) is 0 Å². The smallest absolute Gasteiger partial charge is 0.0555 e. The highest BCUT2D eigenvalue weighted by molar-refractivity contribution is 4.82. The summed E-state index contributed by atoms with van der Waals surface area (Å²) in [5.41, 5.74) is 0. The minimum atomic E-state index is -0.0898. The van der Waals surface area contributed by atoms with Gasteiger partial charge in [0.1, 0.15) is 0 Å². The quantitative estimate of drug-likeness (QED) is 0.672. The molecule has 12 heavy (non-hydrogen) atoms. The summed E-state index contributed by atoms with van der Waals surface area (Å²) in [6.07, 6.45) is 4.15. The van der Waals surface area contributed by atoms with Crippen LogP contribution in [0, 0.1) is 5.92 Å². The Balaban J connectivity index is 2.20. The van der Waals surface area contributed by atoms with Gasteiger partial charge in [0, 0.05) is 6.04 Å². The molecule has 3 unspecified atom stereocenters. The average molecular weight is 171 g/mol. The number of nitrogens with one attached hydrogen (secondary N) is 1. The predicted molar refractivity (Wildman–Crippen MR) is 51.1 cm³/mol. The lowest BCUT2D eigenvalue weighted by Crippen LogP contribution is -2.30. The first-order valence-electron chi connectivity index (χ1n) is 5.15. The molecule has 0 amide bonds. The van der Waals surface area contributed by atoms with Crippen LogP contribution in [-0.4, -0.2) is 23.8 Å². The van der Waals surface area contributed by atoms with Crippen LogP contribution in [0.3, 0.4) is 0 Å². The predicted octanol–water partition coefficient (Wildman–Crippen LogP) is 1.54. The molecule has 72 valence electrons. The van der Waals surface area contributed by atoms with Gasteiger partial charge in [-0.3, -0.25) is 0 Å². The lowest BCUT2D eigenvalue weighted by atomic mass is 9.96. The van der Waals surface area contributed by atoms with Gasteiger partial charge in [0.15, 0.2) is 0 Å². The molecule has 0 aromatic heterocycles. The van der Waals surface area contributed by atoms with Crippen molar-refractivity contribution >= 4 is 0 Å². The van der Waals surface area contributed by atoms with E-state index in [2.05, 4.69) is 19.2 Å². The monoisotopic (exact) mass is 171 g/mol. The summed E-state index contributed by atoms with van der Waals surface area (Å²) >= 11 is 0. The second-order valence-corrected chi connectivity index (χ2v) is 4.00. The second-order valence-electron chi connectivity index (χ2n) is 4.00. The first-order chi connectivity index (χ1) is 5.74. The van der Waals surface area contributed by atoms with E-state index in [1.54, 1.807) is 0 Å². The first kappa shape index (κ1) is 10.0. The van der Waals surface area contributed by atoms with E-state index in [1.165, 1.54) is 6.42 Å². The highest BCUT2D eigenvalue weighted by atomic mass is 16.3. The molecule has 2 heteroatoms. The second kappa shape index (κ2) is 4.83. The van der Waals surface area contributed by atoms with Gasteiger partial charge in [-0.1, -0.05) is 20.3 Å². The maximum atomic E-state index is 9.59. The zero-order valence-corrected chi connectivity index (χ0v) is 8.21. The number of rotatable bonds is 4. The fourth-order valence-electron chi connectivity index (χ4n) is 1.96. The zero-order chi connectivity index (χ0) is 8.97. The van der Waals surface area contributed by atoms with Crippen LogP contribution in [-0.2, 0) is 0 Å². The molecule has 2 nitrogen and oxygen atoms in total. The van der Waals surface area contributed by atoms with Gasteiger partial charge >= 0.3 is 0 Å². The number of aliphatic hydroxyl groups is 1. The summed E-state index contributed by atoms with van der Waals surface area (Å²) in [5, 5.41) is 13.0. The minimum Gasteiger partial charge on any atom is -0.393 e. The van der Waals surface area contributed by atoms with E-state index in [1.807, 2.05) is 0 Å². The van der Waals surface area contributed by atoms with Crippen LogP contribution in [0.4, 0.5) is 0 Å².